The summed E-state index contributed by atoms with van der Waals surface area (Å²) < 4.78 is 16.8. The monoisotopic (exact) mass is 484 g/mol. The molecule has 0 amide bonds. The minimum Gasteiger partial charge on any atom is -1.00 e. The summed E-state index contributed by atoms with van der Waals surface area (Å²) in [5, 5.41) is 79.2. The van der Waals surface area contributed by atoms with Gasteiger partial charge in [0, 0.05) is 18.2 Å². The summed E-state index contributed by atoms with van der Waals surface area (Å²) >= 11 is 0. The first kappa shape index (κ1) is 24.6. The third kappa shape index (κ3) is 4.55. The van der Waals surface area contributed by atoms with Gasteiger partial charge in [0.25, 0.3) is 0 Å². The lowest BCUT2D eigenvalue weighted by molar-refractivity contribution is -0.277. The summed E-state index contributed by atoms with van der Waals surface area (Å²) in [5.41, 5.74) is 0.260. The molecule has 178 valence electrons. The maximum Gasteiger partial charge on any atom is 0.402 e. The van der Waals surface area contributed by atoms with Crippen molar-refractivity contribution in [3.05, 3.63) is 36.4 Å². The third-order valence-electron chi connectivity index (χ3n) is 5.15. The minimum atomic E-state index is -1.71. The Kier molecular flexibility index (Phi) is 7.03. The van der Waals surface area contributed by atoms with Crippen molar-refractivity contribution in [1.82, 2.24) is 0 Å². The van der Waals surface area contributed by atoms with Crippen LogP contribution in [0.3, 0.4) is 0 Å². The average molecular weight is 485 g/mol. The van der Waals surface area contributed by atoms with Gasteiger partial charge in [0.1, 0.15) is 41.3 Å². The first-order valence-electron chi connectivity index (χ1n) is 9.52. The fraction of sp³-hybridized carbons (Fsp3) is 0.286. The molecule has 1 unspecified atom stereocenters. The van der Waals surface area contributed by atoms with Crippen molar-refractivity contribution in [1.29, 1.82) is 0 Å². The van der Waals surface area contributed by atoms with E-state index in [0.29, 0.717) is 0 Å². The zero-order valence-corrected chi connectivity index (χ0v) is 17.5. The Balaban J connectivity index is 0.00000306. The summed E-state index contributed by atoms with van der Waals surface area (Å²) in [6, 6.07) is 7.37. The van der Waals surface area contributed by atoms with Crippen molar-refractivity contribution in [2.75, 3.05) is 6.61 Å². The first-order chi connectivity index (χ1) is 15.2. The number of phenols is 4. The fourth-order valence-electron chi connectivity index (χ4n) is 3.43. The number of hydrogen-bond acceptors (Lipinski definition) is 10. The third-order valence-corrected chi connectivity index (χ3v) is 5.15. The van der Waals surface area contributed by atoms with Crippen LogP contribution in [0.2, 0.25) is 0 Å². The second-order valence-corrected chi connectivity index (χ2v) is 7.34. The van der Waals surface area contributed by atoms with Gasteiger partial charge in [0.15, 0.2) is 11.5 Å². The molecular formula is C21H21ClO11. The van der Waals surface area contributed by atoms with Gasteiger partial charge in [-0.3, -0.25) is 0 Å². The highest BCUT2D eigenvalue weighted by Gasteiger charge is 2.45. The summed E-state index contributed by atoms with van der Waals surface area (Å²) in [7, 11) is 0. The van der Waals surface area contributed by atoms with Crippen molar-refractivity contribution in [3.8, 4) is 40.1 Å². The number of aliphatic hydroxyl groups excluding tert-OH is 4. The van der Waals surface area contributed by atoms with Gasteiger partial charge in [-0.05, 0) is 12.1 Å². The molecule has 1 aliphatic rings. The molecule has 0 bridgehead atoms. The van der Waals surface area contributed by atoms with Crippen LogP contribution in [0.15, 0.2) is 40.8 Å². The topological polar surface area (TPSA) is 192 Å². The first-order valence-corrected chi connectivity index (χ1v) is 9.52. The molecular weight excluding hydrogens is 464 g/mol. The Morgan fingerprint density at radius 1 is 0.848 bits per heavy atom. The van der Waals surface area contributed by atoms with E-state index in [9.17, 15) is 40.9 Å². The molecule has 33 heavy (non-hydrogen) atoms. The van der Waals surface area contributed by atoms with Gasteiger partial charge >= 0.3 is 11.3 Å². The molecule has 1 fully saturated rings. The number of benzene rings is 2. The zero-order chi connectivity index (χ0) is 23.2. The van der Waals surface area contributed by atoms with E-state index in [1.807, 2.05) is 0 Å². The lowest BCUT2D eigenvalue weighted by Gasteiger charge is -2.39. The van der Waals surface area contributed by atoms with Crippen molar-refractivity contribution < 1.29 is 67.2 Å². The summed E-state index contributed by atoms with van der Waals surface area (Å²) in [5.74, 6) is -1.64. The number of hydrogen-bond donors (Lipinski definition) is 8. The van der Waals surface area contributed by atoms with Crippen LogP contribution in [-0.2, 0) is 4.74 Å². The van der Waals surface area contributed by atoms with Gasteiger partial charge in [-0.25, -0.2) is 4.42 Å². The molecule has 2 aromatic carbocycles. The molecule has 0 saturated carbocycles. The van der Waals surface area contributed by atoms with E-state index in [0.717, 1.165) is 6.07 Å². The molecule has 5 atom stereocenters. The van der Waals surface area contributed by atoms with Crippen LogP contribution in [0.4, 0.5) is 0 Å². The number of aromatic hydroxyl groups is 4. The van der Waals surface area contributed by atoms with Crippen molar-refractivity contribution in [2.24, 2.45) is 0 Å². The maximum absolute atomic E-state index is 10.3. The quantitative estimate of drug-likeness (QED) is 0.143. The highest BCUT2D eigenvalue weighted by atomic mass is 35.5. The highest BCUT2D eigenvalue weighted by molar-refractivity contribution is 5.88. The van der Waals surface area contributed by atoms with Gasteiger partial charge < -0.3 is 62.7 Å². The molecule has 12 heteroatoms. The Morgan fingerprint density at radius 2 is 1.58 bits per heavy atom. The standard InChI is InChI=1S/C21H20O11.ClH/c22-7-16-17(27)18(28)19(29)21(32-16)31-15-6-10-12(25)4-9(23)5-14(10)30-20(15)8-1-2-11(24)13(26)3-8;/h1-6,16-19,21-22,27-29H,7H2,(H3-,23,24,25,26);1H/t16-,17+,18+,19-,21?;/m1./s1. The molecule has 0 radical (unpaired) electrons. The summed E-state index contributed by atoms with van der Waals surface area (Å²) in [6.07, 6.45) is -7.76. The molecule has 1 aromatic heterocycles. The number of fused-ring (bicyclic) bond motifs is 1. The smallest absolute Gasteiger partial charge is 0.402 e. The SMILES string of the molecule is OC[C@H]1OC(Oc2cc3c(O)cc(O)cc3[o+]c2-c2ccc(O)c(O)c2)[C@H](O)[C@@H](O)[C@H]1O.[Cl-]. The van der Waals surface area contributed by atoms with E-state index in [1.54, 1.807) is 0 Å². The Hall–Kier alpha value is -3.06. The van der Waals surface area contributed by atoms with Crippen LogP contribution in [0.25, 0.3) is 22.3 Å². The minimum absolute atomic E-state index is 0. The highest BCUT2D eigenvalue weighted by Crippen LogP contribution is 2.42. The number of halogens is 1. The molecule has 0 aliphatic carbocycles. The second-order valence-electron chi connectivity index (χ2n) is 7.34. The lowest BCUT2D eigenvalue weighted by Crippen LogP contribution is -3.00. The number of rotatable bonds is 4. The Bertz CT molecular complexity index is 1150. The number of ether oxygens (including phenoxy) is 2. The van der Waals surface area contributed by atoms with Gasteiger partial charge in [0.05, 0.1) is 18.2 Å². The molecule has 4 rings (SSSR count). The molecule has 3 aromatic rings. The van der Waals surface area contributed by atoms with Gasteiger partial charge in [-0.1, -0.05) is 0 Å². The van der Waals surface area contributed by atoms with Crippen molar-refractivity contribution in [2.45, 2.75) is 30.7 Å². The van der Waals surface area contributed by atoms with E-state index in [1.165, 1.54) is 30.3 Å². The van der Waals surface area contributed by atoms with E-state index in [2.05, 4.69) is 0 Å². The van der Waals surface area contributed by atoms with Crippen LogP contribution in [0, 0.1) is 0 Å². The van der Waals surface area contributed by atoms with E-state index in [4.69, 9.17) is 13.9 Å². The van der Waals surface area contributed by atoms with Gasteiger partial charge in [0.2, 0.25) is 12.0 Å². The molecule has 8 N–H and O–H groups in total. The predicted octanol–water partition coefficient (Wildman–Crippen LogP) is -2.61. The summed E-state index contributed by atoms with van der Waals surface area (Å²) in [6.45, 7) is -0.661. The van der Waals surface area contributed by atoms with E-state index in [-0.39, 0.29) is 57.7 Å². The average Bonchev–Trinajstić information content (AvgIpc) is 2.76. The number of aliphatic hydroxyl groups is 4. The van der Waals surface area contributed by atoms with Crippen LogP contribution in [-0.4, -0.2) is 78.2 Å². The van der Waals surface area contributed by atoms with E-state index < -0.39 is 43.1 Å². The van der Waals surface area contributed by atoms with Crippen molar-refractivity contribution >= 4 is 11.0 Å². The second kappa shape index (κ2) is 9.43. The van der Waals surface area contributed by atoms with Crippen molar-refractivity contribution in [3.63, 3.8) is 0 Å². The summed E-state index contributed by atoms with van der Waals surface area (Å²) in [4.78, 5) is 0. The predicted molar refractivity (Wildman–Crippen MR) is 107 cm³/mol. The van der Waals surface area contributed by atoms with Crippen LogP contribution in [0.1, 0.15) is 0 Å². The van der Waals surface area contributed by atoms with Crippen LogP contribution < -0.4 is 17.1 Å². The Labute approximate surface area is 192 Å². The maximum atomic E-state index is 10.3. The van der Waals surface area contributed by atoms with Crippen LogP contribution in [0.5, 0.6) is 28.7 Å². The number of phenolic OH excluding ortho intramolecular Hbond substituents is 4. The molecule has 0 spiro atoms. The zero-order valence-electron chi connectivity index (χ0n) is 16.7. The molecule has 11 nitrogen and oxygen atoms in total. The van der Waals surface area contributed by atoms with Gasteiger partial charge in [-0.15, -0.1) is 0 Å². The Morgan fingerprint density at radius 3 is 2.24 bits per heavy atom. The molecule has 1 saturated heterocycles. The normalized spacial score (nSPS) is 24.9. The molecule has 1 aliphatic heterocycles. The van der Waals surface area contributed by atoms with Crippen LogP contribution >= 0.6 is 0 Å². The lowest BCUT2D eigenvalue weighted by atomic mass is 9.99. The van der Waals surface area contributed by atoms with E-state index >= 15 is 0 Å². The molecule has 2 heterocycles. The van der Waals surface area contributed by atoms with Gasteiger partial charge in [-0.2, -0.15) is 0 Å². The fourth-order valence-corrected chi connectivity index (χ4v) is 3.43. The largest absolute Gasteiger partial charge is 1.00 e.